The zero-order chi connectivity index (χ0) is 17.5. The fraction of sp³-hybridized carbons (Fsp3) is 0.458. The van der Waals surface area contributed by atoms with Crippen molar-refractivity contribution in [2.24, 2.45) is 5.92 Å². The maximum Gasteiger partial charge on any atom is 0.113 e. The summed E-state index contributed by atoms with van der Waals surface area (Å²) in [6.45, 7) is 4.44. The highest BCUT2D eigenvalue weighted by Crippen LogP contribution is 2.37. The lowest BCUT2D eigenvalue weighted by Crippen LogP contribution is -2.13. The Kier molecular flexibility index (Phi) is 6.29. The van der Waals surface area contributed by atoms with Crippen molar-refractivity contribution in [2.45, 2.75) is 64.7 Å². The third-order valence-corrected chi connectivity index (χ3v) is 5.49. The van der Waals surface area contributed by atoms with Crippen molar-refractivity contribution < 1.29 is 0 Å². The van der Waals surface area contributed by atoms with Gasteiger partial charge in [0.1, 0.15) is 5.69 Å². The summed E-state index contributed by atoms with van der Waals surface area (Å²) in [5, 5.41) is 0. The van der Waals surface area contributed by atoms with Crippen LogP contribution in [0.2, 0.25) is 0 Å². The summed E-state index contributed by atoms with van der Waals surface area (Å²) in [4.78, 5) is 4.40. The van der Waals surface area contributed by atoms with E-state index in [1.807, 2.05) is 12.3 Å². The number of rotatable bonds is 4. The molecule has 25 heavy (non-hydrogen) atoms. The van der Waals surface area contributed by atoms with Crippen molar-refractivity contribution in [3.63, 3.8) is 0 Å². The molecule has 1 nitrogen and oxygen atoms in total. The molecule has 3 rings (SSSR count). The van der Waals surface area contributed by atoms with Crippen LogP contribution < -0.4 is 0 Å². The van der Waals surface area contributed by atoms with Crippen LogP contribution in [0.25, 0.3) is 0 Å². The number of benzene rings is 1. The summed E-state index contributed by atoms with van der Waals surface area (Å²) in [6, 6.07) is 13.0. The van der Waals surface area contributed by atoms with E-state index in [0.717, 1.165) is 29.5 Å². The van der Waals surface area contributed by atoms with Gasteiger partial charge in [-0.1, -0.05) is 50.8 Å². The molecule has 0 amide bonds. The number of pyridine rings is 1. The molecule has 0 saturated heterocycles. The molecule has 0 N–H and O–H groups in total. The molecule has 2 aromatic rings. The molecule has 130 valence electrons. The Morgan fingerprint density at radius 3 is 2.28 bits per heavy atom. The highest BCUT2D eigenvalue weighted by molar-refractivity contribution is 5.41. The van der Waals surface area contributed by atoms with Gasteiger partial charge in [-0.2, -0.15) is 0 Å². The Bertz CT molecular complexity index is 707. The van der Waals surface area contributed by atoms with Crippen LogP contribution in [0, 0.1) is 17.8 Å². The van der Waals surface area contributed by atoms with E-state index in [-0.39, 0.29) is 0 Å². The van der Waals surface area contributed by atoms with Gasteiger partial charge in [0.15, 0.2) is 0 Å². The second kappa shape index (κ2) is 8.86. The maximum absolute atomic E-state index is 4.40. The first-order chi connectivity index (χ1) is 12.3. The molecule has 0 atom stereocenters. The van der Waals surface area contributed by atoms with Crippen LogP contribution in [-0.2, 0) is 6.42 Å². The van der Waals surface area contributed by atoms with E-state index in [1.54, 1.807) is 0 Å². The van der Waals surface area contributed by atoms with E-state index in [4.69, 9.17) is 0 Å². The van der Waals surface area contributed by atoms with Gasteiger partial charge >= 0.3 is 0 Å². The monoisotopic (exact) mass is 331 g/mol. The molecule has 1 heteroatoms. The second-order valence-corrected chi connectivity index (χ2v) is 7.28. The Labute approximate surface area is 152 Å². The highest BCUT2D eigenvalue weighted by Gasteiger charge is 2.21. The number of aryl methyl sites for hydroxylation is 1. The third-order valence-electron chi connectivity index (χ3n) is 5.49. The van der Waals surface area contributed by atoms with Crippen LogP contribution in [0.4, 0.5) is 0 Å². The second-order valence-electron chi connectivity index (χ2n) is 7.28. The van der Waals surface area contributed by atoms with Crippen molar-refractivity contribution in [1.29, 1.82) is 0 Å². The molecule has 1 aromatic carbocycles. The minimum absolute atomic E-state index is 0.748. The van der Waals surface area contributed by atoms with Gasteiger partial charge in [-0.25, -0.2) is 4.98 Å². The lowest BCUT2D eigenvalue weighted by molar-refractivity contribution is 0.308. The van der Waals surface area contributed by atoms with Gasteiger partial charge in [0.2, 0.25) is 0 Å². The van der Waals surface area contributed by atoms with Gasteiger partial charge in [0.25, 0.3) is 0 Å². The summed E-state index contributed by atoms with van der Waals surface area (Å²) >= 11 is 0. The molecule has 0 unspecified atom stereocenters. The third kappa shape index (κ3) is 4.95. The van der Waals surface area contributed by atoms with Crippen LogP contribution in [0.1, 0.15) is 80.7 Å². The number of aromatic nitrogens is 1. The van der Waals surface area contributed by atoms with Gasteiger partial charge in [0.05, 0.1) is 0 Å². The van der Waals surface area contributed by atoms with Crippen LogP contribution >= 0.6 is 0 Å². The van der Waals surface area contributed by atoms with E-state index in [0.29, 0.717) is 0 Å². The number of hydrogen-bond donors (Lipinski definition) is 0. The molecule has 1 heterocycles. The zero-order valence-electron chi connectivity index (χ0n) is 15.6. The van der Waals surface area contributed by atoms with Gasteiger partial charge < -0.3 is 0 Å². The van der Waals surface area contributed by atoms with Crippen molar-refractivity contribution in [3.05, 3.63) is 65.0 Å². The minimum Gasteiger partial charge on any atom is -0.248 e. The van der Waals surface area contributed by atoms with E-state index >= 15 is 0 Å². The van der Waals surface area contributed by atoms with Gasteiger partial charge in [0, 0.05) is 11.8 Å². The lowest BCUT2D eigenvalue weighted by atomic mass is 9.77. The fourth-order valence-electron chi connectivity index (χ4n) is 3.88. The normalized spacial score (nSPS) is 19.9. The standard InChI is InChI=1S/C24H29N/c1-3-5-20-6-12-22(13-7-20)23-14-8-21(9-15-23)11-17-24-16-10-19(4-2)18-25-24/h8-10,14-16,18,20,22H,3-7,12-13H2,1-2H3/t20-,22-. The first kappa shape index (κ1) is 17.7. The molecular weight excluding hydrogens is 302 g/mol. The molecule has 1 fully saturated rings. The zero-order valence-corrected chi connectivity index (χ0v) is 15.6. The fourth-order valence-corrected chi connectivity index (χ4v) is 3.88. The summed E-state index contributed by atoms with van der Waals surface area (Å²) in [6.07, 6.45) is 11.2. The largest absolute Gasteiger partial charge is 0.248 e. The van der Waals surface area contributed by atoms with Crippen molar-refractivity contribution in [1.82, 2.24) is 4.98 Å². The predicted molar refractivity (Wildman–Crippen MR) is 106 cm³/mol. The minimum atomic E-state index is 0.748. The highest BCUT2D eigenvalue weighted by atomic mass is 14.7. The topological polar surface area (TPSA) is 12.9 Å². The maximum atomic E-state index is 4.40. The Hall–Kier alpha value is -2.07. The van der Waals surface area contributed by atoms with E-state index < -0.39 is 0 Å². The smallest absolute Gasteiger partial charge is 0.113 e. The van der Waals surface area contributed by atoms with Gasteiger partial charge in [-0.3, -0.25) is 0 Å². The van der Waals surface area contributed by atoms with Crippen LogP contribution in [0.5, 0.6) is 0 Å². The molecule has 1 aliphatic rings. The average molecular weight is 332 g/mol. The van der Waals surface area contributed by atoms with Crippen molar-refractivity contribution >= 4 is 0 Å². The Morgan fingerprint density at radius 2 is 1.68 bits per heavy atom. The molecule has 0 spiro atoms. The molecule has 0 bridgehead atoms. The van der Waals surface area contributed by atoms with Crippen LogP contribution in [0.15, 0.2) is 42.6 Å². The molecule has 0 aliphatic heterocycles. The average Bonchev–Trinajstić information content (AvgIpc) is 2.68. The van der Waals surface area contributed by atoms with E-state index in [1.165, 1.54) is 49.7 Å². The Morgan fingerprint density at radius 1 is 0.920 bits per heavy atom. The predicted octanol–water partition coefficient (Wildman–Crippen LogP) is 6.12. The summed E-state index contributed by atoms with van der Waals surface area (Å²) < 4.78 is 0. The van der Waals surface area contributed by atoms with Gasteiger partial charge in [-0.15, -0.1) is 0 Å². The molecule has 1 saturated carbocycles. The quantitative estimate of drug-likeness (QED) is 0.615. The summed E-state index contributed by atoms with van der Waals surface area (Å²) in [5.41, 5.74) is 4.66. The first-order valence-electron chi connectivity index (χ1n) is 9.85. The molecule has 1 aliphatic carbocycles. The van der Waals surface area contributed by atoms with E-state index in [2.05, 4.69) is 61.0 Å². The molecule has 0 radical (unpaired) electrons. The summed E-state index contributed by atoms with van der Waals surface area (Å²) in [5.74, 6) is 8.13. The van der Waals surface area contributed by atoms with Gasteiger partial charge in [-0.05, 0) is 79.2 Å². The van der Waals surface area contributed by atoms with Crippen molar-refractivity contribution in [3.8, 4) is 11.8 Å². The van der Waals surface area contributed by atoms with E-state index in [9.17, 15) is 0 Å². The lowest BCUT2D eigenvalue weighted by Gasteiger charge is -2.28. The summed E-state index contributed by atoms with van der Waals surface area (Å²) in [7, 11) is 0. The first-order valence-corrected chi connectivity index (χ1v) is 9.85. The number of hydrogen-bond acceptors (Lipinski definition) is 1. The van der Waals surface area contributed by atoms with Crippen LogP contribution in [0.3, 0.4) is 0 Å². The Balaban J connectivity index is 1.60. The molecule has 1 aromatic heterocycles. The molecular formula is C24H29N. The number of nitrogens with zero attached hydrogens (tertiary/aromatic N) is 1. The van der Waals surface area contributed by atoms with Crippen LogP contribution in [-0.4, -0.2) is 4.98 Å². The SMILES string of the molecule is CCC[C@H]1CC[C@H](c2ccc(C#Cc3ccc(CC)cn3)cc2)CC1. The van der Waals surface area contributed by atoms with Crippen molar-refractivity contribution in [2.75, 3.05) is 0 Å².